The van der Waals surface area contributed by atoms with Gasteiger partial charge in [-0.15, -0.1) is 12.4 Å². The number of imide groups is 1. The van der Waals surface area contributed by atoms with E-state index in [1.54, 1.807) is 24.3 Å². The van der Waals surface area contributed by atoms with Crippen molar-refractivity contribution < 1.29 is 14.4 Å². The summed E-state index contributed by atoms with van der Waals surface area (Å²) >= 11 is 1.02. The molecule has 3 rings (SSSR count). The molecule has 0 radical (unpaired) electrons. The monoisotopic (exact) mass is 369 g/mol. The standard InChI is InChI=1S/C16H19N3O3S.ClH/c17-16(7-1-2-8-16)14(21)18-12-5-3-11(4-6-12)9-19-13(20)10-23-15(19)22;/h3-6H,1-2,7-10,17H2,(H,18,21);1H. The summed E-state index contributed by atoms with van der Waals surface area (Å²) in [5.41, 5.74) is 6.88. The number of halogens is 1. The maximum atomic E-state index is 12.2. The number of carbonyl (C=O) groups is 3. The Balaban J connectivity index is 0.00000208. The van der Waals surface area contributed by atoms with Crippen molar-refractivity contribution in [3.05, 3.63) is 29.8 Å². The van der Waals surface area contributed by atoms with Gasteiger partial charge in [0, 0.05) is 5.69 Å². The van der Waals surface area contributed by atoms with E-state index in [9.17, 15) is 14.4 Å². The van der Waals surface area contributed by atoms with Crippen LogP contribution in [0.1, 0.15) is 31.2 Å². The first-order valence-electron chi connectivity index (χ1n) is 7.64. The number of thioether (sulfide) groups is 1. The van der Waals surface area contributed by atoms with Crippen LogP contribution in [0.15, 0.2) is 24.3 Å². The SMILES string of the molecule is Cl.NC1(C(=O)Nc2ccc(CN3C(=O)CSC3=O)cc2)CCCC1. The zero-order chi connectivity index (χ0) is 16.4. The fourth-order valence-corrected chi connectivity index (χ4v) is 3.62. The zero-order valence-electron chi connectivity index (χ0n) is 13.1. The van der Waals surface area contributed by atoms with Gasteiger partial charge >= 0.3 is 0 Å². The van der Waals surface area contributed by atoms with E-state index in [4.69, 9.17) is 5.73 Å². The summed E-state index contributed by atoms with van der Waals surface area (Å²) < 4.78 is 0. The van der Waals surface area contributed by atoms with Crippen LogP contribution in [0.4, 0.5) is 10.5 Å². The number of anilines is 1. The van der Waals surface area contributed by atoms with Gasteiger partial charge in [-0.25, -0.2) is 0 Å². The minimum atomic E-state index is -0.760. The fourth-order valence-electron chi connectivity index (χ4n) is 2.90. The number of hydrogen-bond acceptors (Lipinski definition) is 5. The predicted octanol–water partition coefficient (Wildman–Crippen LogP) is 2.51. The van der Waals surface area contributed by atoms with Crippen LogP contribution in [-0.4, -0.2) is 33.2 Å². The van der Waals surface area contributed by atoms with E-state index in [2.05, 4.69) is 5.32 Å². The molecule has 2 aliphatic rings. The molecule has 24 heavy (non-hydrogen) atoms. The van der Waals surface area contributed by atoms with Gasteiger partial charge in [0.25, 0.3) is 5.24 Å². The van der Waals surface area contributed by atoms with Crippen LogP contribution < -0.4 is 11.1 Å². The Morgan fingerprint density at radius 3 is 2.38 bits per heavy atom. The lowest BCUT2D eigenvalue weighted by atomic mass is 9.98. The second-order valence-corrected chi connectivity index (χ2v) is 6.98. The summed E-state index contributed by atoms with van der Waals surface area (Å²) in [6.45, 7) is 0.264. The molecule has 1 aromatic carbocycles. The van der Waals surface area contributed by atoms with Crippen LogP contribution in [0.2, 0.25) is 0 Å². The van der Waals surface area contributed by atoms with Gasteiger partial charge in [0.1, 0.15) is 0 Å². The predicted molar refractivity (Wildman–Crippen MR) is 96.1 cm³/mol. The Morgan fingerprint density at radius 1 is 1.21 bits per heavy atom. The van der Waals surface area contributed by atoms with Crippen molar-refractivity contribution in [2.45, 2.75) is 37.8 Å². The first-order chi connectivity index (χ1) is 11.0. The van der Waals surface area contributed by atoms with Crippen molar-refractivity contribution in [2.75, 3.05) is 11.1 Å². The number of rotatable bonds is 4. The van der Waals surface area contributed by atoms with Crippen LogP contribution in [0.25, 0.3) is 0 Å². The van der Waals surface area contributed by atoms with Crippen molar-refractivity contribution in [1.82, 2.24) is 4.90 Å². The third-order valence-electron chi connectivity index (χ3n) is 4.34. The average Bonchev–Trinajstić information content (AvgIpc) is 3.11. The number of nitrogens with two attached hydrogens (primary N) is 1. The summed E-state index contributed by atoms with van der Waals surface area (Å²) in [6, 6.07) is 7.14. The smallest absolute Gasteiger partial charge is 0.289 e. The molecule has 8 heteroatoms. The molecule has 0 aromatic heterocycles. The molecule has 0 spiro atoms. The van der Waals surface area contributed by atoms with Gasteiger partial charge in [-0.1, -0.05) is 36.7 Å². The molecule has 1 heterocycles. The Hall–Kier alpha value is -1.57. The van der Waals surface area contributed by atoms with E-state index in [0.717, 1.165) is 30.2 Å². The number of hydrogen-bond donors (Lipinski definition) is 2. The summed E-state index contributed by atoms with van der Waals surface area (Å²) in [4.78, 5) is 36.7. The molecule has 3 amide bonds. The van der Waals surface area contributed by atoms with Gasteiger partial charge in [0.15, 0.2) is 0 Å². The van der Waals surface area contributed by atoms with Gasteiger partial charge in [0.05, 0.1) is 17.8 Å². The maximum Gasteiger partial charge on any atom is 0.289 e. The van der Waals surface area contributed by atoms with E-state index in [-0.39, 0.29) is 41.8 Å². The largest absolute Gasteiger partial charge is 0.324 e. The summed E-state index contributed by atoms with van der Waals surface area (Å²) in [6.07, 6.45) is 3.40. The Labute approximate surface area is 150 Å². The van der Waals surface area contributed by atoms with Crippen LogP contribution in [0, 0.1) is 0 Å². The highest BCUT2D eigenvalue weighted by Crippen LogP contribution is 2.28. The topological polar surface area (TPSA) is 92.5 Å². The van der Waals surface area contributed by atoms with Crippen molar-refractivity contribution in [3.63, 3.8) is 0 Å². The van der Waals surface area contributed by atoms with Gasteiger partial charge < -0.3 is 11.1 Å². The van der Waals surface area contributed by atoms with Crippen molar-refractivity contribution >= 4 is 46.9 Å². The van der Waals surface area contributed by atoms with Gasteiger partial charge in [-0.05, 0) is 30.5 Å². The average molecular weight is 370 g/mol. The molecule has 1 saturated heterocycles. The van der Waals surface area contributed by atoms with Gasteiger partial charge in [-0.3, -0.25) is 19.3 Å². The molecule has 6 nitrogen and oxygen atoms in total. The van der Waals surface area contributed by atoms with E-state index < -0.39 is 5.54 Å². The fraction of sp³-hybridized carbons (Fsp3) is 0.438. The Kier molecular flexibility index (Phi) is 5.90. The number of carbonyl (C=O) groups excluding carboxylic acids is 3. The molecular formula is C16H20ClN3O3S. The third kappa shape index (κ3) is 3.91. The molecule has 1 saturated carbocycles. The highest BCUT2D eigenvalue weighted by atomic mass is 35.5. The lowest BCUT2D eigenvalue weighted by molar-refractivity contribution is -0.125. The number of amides is 3. The van der Waals surface area contributed by atoms with Crippen molar-refractivity contribution in [2.24, 2.45) is 5.73 Å². The van der Waals surface area contributed by atoms with Crippen molar-refractivity contribution in [3.8, 4) is 0 Å². The second kappa shape index (κ2) is 7.55. The summed E-state index contributed by atoms with van der Waals surface area (Å²) in [5, 5.41) is 2.64. The lowest BCUT2D eigenvalue weighted by Crippen LogP contribution is -2.48. The highest BCUT2D eigenvalue weighted by molar-refractivity contribution is 8.14. The van der Waals surface area contributed by atoms with E-state index in [0.29, 0.717) is 18.5 Å². The molecule has 130 valence electrons. The summed E-state index contributed by atoms with van der Waals surface area (Å²) in [7, 11) is 0. The quantitative estimate of drug-likeness (QED) is 0.850. The van der Waals surface area contributed by atoms with E-state index in [1.165, 1.54) is 4.90 Å². The molecule has 1 aromatic rings. The molecule has 2 fully saturated rings. The first-order valence-corrected chi connectivity index (χ1v) is 8.63. The van der Waals surface area contributed by atoms with E-state index in [1.807, 2.05) is 0 Å². The Morgan fingerprint density at radius 2 is 1.83 bits per heavy atom. The Bertz CT molecular complexity index is 628. The minimum Gasteiger partial charge on any atom is -0.324 e. The first kappa shape index (κ1) is 18.8. The van der Waals surface area contributed by atoms with Crippen LogP contribution in [-0.2, 0) is 16.1 Å². The number of nitrogens with one attached hydrogen (secondary N) is 1. The third-order valence-corrected chi connectivity index (χ3v) is 5.20. The van der Waals surface area contributed by atoms with Crippen molar-refractivity contribution in [1.29, 1.82) is 0 Å². The maximum absolute atomic E-state index is 12.2. The number of nitrogens with zero attached hydrogens (tertiary/aromatic N) is 1. The lowest BCUT2D eigenvalue weighted by Gasteiger charge is -2.22. The molecule has 0 atom stereocenters. The summed E-state index contributed by atoms with van der Waals surface area (Å²) in [5.74, 6) is -0.0984. The molecular weight excluding hydrogens is 350 g/mol. The molecule has 1 aliphatic heterocycles. The normalized spacial score (nSPS) is 19.3. The molecule has 3 N–H and O–H groups in total. The molecule has 0 unspecified atom stereocenters. The van der Waals surface area contributed by atoms with Gasteiger partial charge in [0.2, 0.25) is 11.8 Å². The highest BCUT2D eigenvalue weighted by Gasteiger charge is 2.37. The molecule has 1 aliphatic carbocycles. The number of benzene rings is 1. The van der Waals surface area contributed by atoms with Crippen LogP contribution in [0.3, 0.4) is 0 Å². The van der Waals surface area contributed by atoms with Gasteiger partial charge in [-0.2, -0.15) is 0 Å². The minimum absolute atomic E-state index is 0. The molecule has 0 bridgehead atoms. The van der Waals surface area contributed by atoms with Crippen LogP contribution in [0.5, 0.6) is 0 Å². The zero-order valence-corrected chi connectivity index (χ0v) is 14.8. The second-order valence-electron chi connectivity index (χ2n) is 6.05. The van der Waals surface area contributed by atoms with Crippen LogP contribution >= 0.6 is 24.2 Å². The van der Waals surface area contributed by atoms with E-state index >= 15 is 0 Å².